The zero-order valence-electron chi connectivity index (χ0n) is 22.4. The molecule has 3 atom stereocenters. The highest BCUT2D eigenvalue weighted by molar-refractivity contribution is 5.83. The number of hydrogen-bond donors (Lipinski definition) is 0. The number of aromatic nitrogens is 1. The van der Waals surface area contributed by atoms with E-state index in [2.05, 4.69) is 76.3 Å². The van der Waals surface area contributed by atoms with Crippen molar-refractivity contribution in [3.63, 3.8) is 0 Å². The molecule has 1 aromatic heterocycles. The molecule has 4 aliphatic rings. The van der Waals surface area contributed by atoms with Gasteiger partial charge in [-0.2, -0.15) is 4.57 Å². The maximum Gasteiger partial charge on any atom is 0.226 e. The molecule has 0 bridgehead atoms. The Balaban J connectivity index is 1.44. The molecule has 3 nitrogen and oxygen atoms in total. The summed E-state index contributed by atoms with van der Waals surface area (Å²) in [4.78, 5) is 4.89. The molecule has 4 aromatic rings. The van der Waals surface area contributed by atoms with E-state index in [-0.39, 0.29) is 18.1 Å². The van der Waals surface area contributed by atoms with Gasteiger partial charge in [-0.1, -0.05) is 48.5 Å². The predicted molar refractivity (Wildman–Crippen MR) is 153 cm³/mol. The Morgan fingerprint density at radius 3 is 2.62 bits per heavy atom. The van der Waals surface area contributed by atoms with E-state index in [4.69, 9.17) is 6.58 Å². The van der Waals surface area contributed by atoms with Crippen molar-refractivity contribution in [2.45, 2.75) is 44.3 Å². The van der Waals surface area contributed by atoms with Gasteiger partial charge in [0.25, 0.3) is 0 Å². The van der Waals surface area contributed by atoms with Crippen LogP contribution >= 0.6 is 0 Å². The Bertz CT molecular complexity index is 1740. The molecule has 0 radical (unpaired) electrons. The summed E-state index contributed by atoms with van der Waals surface area (Å²) in [7, 11) is 0. The van der Waals surface area contributed by atoms with Gasteiger partial charge in [0.05, 0.1) is 11.1 Å². The normalized spacial score (nSPS) is 22.1. The molecule has 0 saturated heterocycles. The van der Waals surface area contributed by atoms with Gasteiger partial charge in [0.1, 0.15) is 12.2 Å². The second-order valence-corrected chi connectivity index (χ2v) is 11.5. The molecule has 8 rings (SSSR count). The van der Waals surface area contributed by atoms with E-state index in [9.17, 15) is 4.39 Å². The number of pyridine rings is 1. The fraction of sp³-hybridized carbons (Fsp3) is 0.229. The third-order valence-electron chi connectivity index (χ3n) is 9.47. The molecule has 0 spiro atoms. The summed E-state index contributed by atoms with van der Waals surface area (Å²) in [6.45, 7) is 7.83. The maximum absolute atomic E-state index is 15.8. The molecule has 0 aliphatic carbocycles. The second-order valence-electron chi connectivity index (χ2n) is 11.5. The average Bonchev–Trinajstić information content (AvgIpc) is 3.43. The Hall–Kier alpha value is -4.25. The van der Waals surface area contributed by atoms with Crippen molar-refractivity contribution in [2.75, 3.05) is 6.54 Å². The van der Waals surface area contributed by atoms with Gasteiger partial charge in [-0.3, -0.25) is 0 Å². The molecule has 198 valence electrons. The monoisotopic (exact) mass is 530 g/mol. The highest BCUT2D eigenvalue weighted by Gasteiger charge is 2.50. The van der Waals surface area contributed by atoms with E-state index in [1.165, 1.54) is 22.8 Å². The van der Waals surface area contributed by atoms with E-state index in [0.29, 0.717) is 18.4 Å². The number of fused-ring (bicyclic) bond motifs is 6. The third-order valence-corrected chi connectivity index (χ3v) is 9.47. The van der Waals surface area contributed by atoms with Gasteiger partial charge < -0.3 is 9.80 Å². The maximum atomic E-state index is 15.8. The van der Waals surface area contributed by atoms with Crippen LogP contribution in [0.25, 0.3) is 28.1 Å². The van der Waals surface area contributed by atoms with Crippen molar-refractivity contribution >= 4 is 5.70 Å². The molecule has 5 heteroatoms. The summed E-state index contributed by atoms with van der Waals surface area (Å²) in [5, 5.41) is 0. The molecule has 4 aliphatic heterocycles. The highest BCUT2D eigenvalue weighted by Crippen LogP contribution is 2.52. The third kappa shape index (κ3) is 3.18. The van der Waals surface area contributed by atoms with Crippen molar-refractivity contribution in [1.29, 1.82) is 0 Å². The first-order chi connectivity index (χ1) is 19.5. The predicted octanol–water partition coefficient (Wildman–Crippen LogP) is 7.12. The van der Waals surface area contributed by atoms with Gasteiger partial charge in [-0.25, -0.2) is 8.78 Å². The Kier molecular flexibility index (Phi) is 5.09. The summed E-state index contributed by atoms with van der Waals surface area (Å²) in [5.41, 5.74) is 10.2. The molecular weight excluding hydrogens is 500 g/mol. The molecule has 0 saturated carbocycles. The van der Waals surface area contributed by atoms with Crippen LogP contribution in [0.1, 0.15) is 46.3 Å². The standard InChI is InChI=1S/C35H30F2N3/c1-21-15-18-39-22(2)33-27(25-10-6-9-24-16-17-38-19-20-40(33)35(38)31(24)25)12-11-26-28(13-14-29(36)32(26)37)34(39)30(21)23-7-4-3-5-8-23/h3-10,13-15,18-20,27,33,35H,2,11-12,16-17H2,1H3/q+1. The van der Waals surface area contributed by atoms with Gasteiger partial charge >= 0.3 is 0 Å². The van der Waals surface area contributed by atoms with E-state index >= 15 is 4.39 Å². The van der Waals surface area contributed by atoms with Crippen molar-refractivity contribution in [3.05, 3.63) is 131 Å². The molecule has 0 amide bonds. The lowest BCUT2D eigenvalue weighted by Gasteiger charge is -2.48. The molecule has 40 heavy (non-hydrogen) atoms. The molecule has 0 fully saturated rings. The van der Waals surface area contributed by atoms with Gasteiger partial charge in [0.2, 0.25) is 11.4 Å². The van der Waals surface area contributed by atoms with Crippen LogP contribution in [0.15, 0.2) is 91.9 Å². The van der Waals surface area contributed by atoms with Crippen LogP contribution in [-0.2, 0) is 12.8 Å². The Morgan fingerprint density at radius 1 is 0.925 bits per heavy atom. The van der Waals surface area contributed by atoms with Crippen LogP contribution in [0.2, 0.25) is 0 Å². The van der Waals surface area contributed by atoms with Crippen molar-refractivity contribution in [1.82, 2.24) is 9.80 Å². The van der Waals surface area contributed by atoms with Gasteiger partial charge in [-0.15, -0.1) is 0 Å². The lowest BCUT2D eigenvalue weighted by atomic mass is 9.75. The SMILES string of the molecule is C=C1C2C(CCc3c(ccc(F)c3F)-c3c(-c4ccccc4)c(C)cc[n+]31)c1cccc3c1C1N(C=CN21)CC3. The molecular formula is C35H30F2N3+. The zero-order chi connectivity index (χ0) is 27.1. The van der Waals surface area contributed by atoms with E-state index in [0.717, 1.165) is 46.6 Å². The first-order valence-corrected chi connectivity index (χ1v) is 14.1. The summed E-state index contributed by atoms with van der Waals surface area (Å²) >= 11 is 0. The fourth-order valence-electron chi connectivity index (χ4n) is 7.71. The minimum Gasteiger partial charge on any atom is -0.352 e. The quantitative estimate of drug-likeness (QED) is 0.243. The van der Waals surface area contributed by atoms with Gasteiger partial charge in [0, 0.05) is 42.1 Å². The zero-order valence-corrected chi connectivity index (χ0v) is 22.4. The Labute approximate surface area is 233 Å². The van der Waals surface area contributed by atoms with Crippen LogP contribution in [0.4, 0.5) is 8.78 Å². The average molecular weight is 531 g/mol. The second kappa shape index (κ2) is 8.62. The Morgan fingerprint density at radius 2 is 1.77 bits per heavy atom. The number of aryl methyl sites for hydroxylation is 1. The van der Waals surface area contributed by atoms with Crippen molar-refractivity contribution in [3.8, 4) is 22.4 Å². The first kappa shape index (κ1) is 23.6. The number of halogens is 2. The van der Waals surface area contributed by atoms with Crippen molar-refractivity contribution in [2.24, 2.45) is 0 Å². The van der Waals surface area contributed by atoms with E-state index in [1.807, 2.05) is 18.2 Å². The number of hydrogen-bond acceptors (Lipinski definition) is 2. The highest BCUT2D eigenvalue weighted by atomic mass is 19.2. The molecule has 3 unspecified atom stereocenters. The molecule has 5 heterocycles. The van der Waals surface area contributed by atoms with Crippen LogP contribution in [0.3, 0.4) is 0 Å². The van der Waals surface area contributed by atoms with Crippen LogP contribution in [-0.4, -0.2) is 22.4 Å². The minimum atomic E-state index is -0.798. The topological polar surface area (TPSA) is 10.4 Å². The van der Waals surface area contributed by atoms with Gasteiger partial charge in [0.15, 0.2) is 17.8 Å². The van der Waals surface area contributed by atoms with Crippen LogP contribution in [0, 0.1) is 18.6 Å². The lowest BCUT2D eigenvalue weighted by molar-refractivity contribution is -0.573. The smallest absolute Gasteiger partial charge is 0.226 e. The summed E-state index contributed by atoms with van der Waals surface area (Å²) in [5.74, 6) is -1.46. The van der Waals surface area contributed by atoms with Crippen molar-refractivity contribution < 1.29 is 13.3 Å². The largest absolute Gasteiger partial charge is 0.352 e. The summed E-state index contributed by atoms with van der Waals surface area (Å²) in [6.07, 6.45) is 8.78. The summed E-state index contributed by atoms with van der Waals surface area (Å²) < 4.78 is 32.8. The number of rotatable bonds is 1. The van der Waals surface area contributed by atoms with Crippen LogP contribution < -0.4 is 4.57 Å². The molecule has 3 aromatic carbocycles. The van der Waals surface area contributed by atoms with Crippen LogP contribution in [0.5, 0.6) is 0 Å². The minimum absolute atomic E-state index is 0.0376. The lowest BCUT2D eigenvalue weighted by Crippen LogP contribution is -2.53. The first-order valence-electron chi connectivity index (χ1n) is 14.1. The summed E-state index contributed by atoms with van der Waals surface area (Å²) in [6, 6.07) is 22.0. The molecule has 0 N–H and O–H groups in total. The van der Waals surface area contributed by atoms with E-state index in [1.54, 1.807) is 6.07 Å². The number of nitrogens with zero attached hydrogens (tertiary/aromatic N) is 3. The number of benzene rings is 3. The fourth-order valence-corrected chi connectivity index (χ4v) is 7.71. The van der Waals surface area contributed by atoms with Gasteiger partial charge in [-0.05, 0) is 67.2 Å². The van der Waals surface area contributed by atoms with E-state index < -0.39 is 11.6 Å².